The van der Waals surface area contributed by atoms with E-state index in [0.717, 1.165) is 5.56 Å². The van der Waals surface area contributed by atoms with Crippen molar-refractivity contribution in [3.63, 3.8) is 0 Å². The molecule has 1 N–H and O–H groups in total. The van der Waals surface area contributed by atoms with Crippen molar-refractivity contribution < 1.29 is 13.6 Å². The smallest absolute Gasteiger partial charge is 0.256 e. The van der Waals surface area contributed by atoms with E-state index in [2.05, 4.69) is 15.4 Å². The van der Waals surface area contributed by atoms with Crippen molar-refractivity contribution >= 4 is 22.6 Å². The molecule has 0 atom stereocenters. The summed E-state index contributed by atoms with van der Waals surface area (Å²) in [7, 11) is 1.77. The van der Waals surface area contributed by atoms with Crippen LogP contribution in [0.15, 0.2) is 47.1 Å². The minimum Gasteiger partial charge on any atom is -0.463 e. The van der Waals surface area contributed by atoms with E-state index in [1.165, 1.54) is 12.1 Å². The summed E-state index contributed by atoms with van der Waals surface area (Å²) in [5.41, 5.74) is 3.38. The number of carbonyl (C=O) groups excluding carboxylic acids is 1. The minimum atomic E-state index is -0.412. The number of pyridine rings is 1. The Balaban J connectivity index is 1.86. The zero-order valence-corrected chi connectivity index (χ0v) is 15.1. The lowest BCUT2D eigenvalue weighted by Crippen LogP contribution is -2.14. The number of carbonyl (C=O) groups is 1. The van der Waals surface area contributed by atoms with E-state index in [1.807, 2.05) is 6.92 Å². The molecule has 27 heavy (non-hydrogen) atoms. The zero-order chi connectivity index (χ0) is 19.1. The summed E-state index contributed by atoms with van der Waals surface area (Å²) in [4.78, 5) is 17.6. The van der Waals surface area contributed by atoms with Crippen molar-refractivity contribution in [2.45, 2.75) is 13.8 Å². The van der Waals surface area contributed by atoms with E-state index >= 15 is 0 Å². The van der Waals surface area contributed by atoms with Gasteiger partial charge in [-0.15, -0.1) is 0 Å². The van der Waals surface area contributed by atoms with Crippen LogP contribution in [0.1, 0.15) is 21.6 Å². The van der Waals surface area contributed by atoms with E-state index in [-0.39, 0.29) is 5.91 Å². The maximum absolute atomic E-state index is 13.6. The number of furan rings is 1. The van der Waals surface area contributed by atoms with Gasteiger partial charge in [0.1, 0.15) is 11.5 Å². The van der Waals surface area contributed by atoms with Crippen molar-refractivity contribution in [1.82, 2.24) is 14.8 Å². The number of amides is 1. The van der Waals surface area contributed by atoms with Gasteiger partial charge in [-0.05, 0) is 49.7 Å². The van der Waals surface area contributed by atoms with Crippen molar-refractivity contribution in [3.8, 4) is 11.5 Å². The molecule has 0 aliphatic heterocycles. The first-order chi connectivity index (χ1) is 12.9. The number of rotatable bonds is 3. The van der Waals surface area contributed by atoms with Gasteiger partial charge in [0.25, 0.3) is 5.91 Å². The second-order valence-electron chi connectivity index (χ2n) is 6.35. The number of hydrogen-bond acceptors (Lipinski definition) is 4. The topological polar surface area (TPSA) is 73.0 Å². The Morgan fingerprint density at radius 2 is 2.04 bits per heavy atom. The summed E-state index contributed by atoms with van der Waals surface area (Å²) in [6, 6.07) is 9.48. The summed E-state index contributed by atoms with van der Waals surface area (Å²) in [5, 5.41) is 7.82. The van der Waals surface area contributed by atoms with Crippen LogP contribution in [0.25, 0.3) is 22.5 Å². The number of nitrogens with one attached hydrogen (secondary N) is 1. The van der Waals surface area contributed by atoms with Crippen molar-refractivity contribution in [1.29, 1.82) is 0 Å². The maximum atomic E-state index is 13.6. The van der Waals surface area contributed by atoms with Crippen LogP contribution in [0.2, 0.25) is 0 Å². The van der Waals surface area contributed by atoms with Crippen LogP contribution >= 0.6 is 0 Å². The first-order valence-corrected chi connectivity index (χ1v) is 8.40. The second-order valence-corrected chi connectivity index (χ2v) is 6.35. The third-order valence-corrected chi connectivity index (χ3v) is 4.43. The Labute approximate surface area is 154 Å². The summed E-state index contributed by atoms with van der Waals surface area (Å²) in [6.45, 7) is 3.63. The highest BCUT2D eigenvalue weighted by atomic mass is 19.1. The van der Waals surface area contributed by atoms with Gasteiger partial charge in [0.05, 0.1) is 22.9 Å². The van der Waals surface area contributed by atoms with Crippen LogP contribution in [0.3, 0.4) is 0 Å². The van der Waals surface area contributed by atoms with Gasteiger partial charge in [0, 0.05) is 12.7 Å². The summed E-state index contributed by atoms with van der Waals surface area (Å²) >= 11 is 0. The summed E-state index contributed by atoms with van der Waals surface area (Å²) < 4.78 is 20.6. The number of fused-ring (bicyclic) bond motifs is 1. The molecule has 0 fully saturated rings. The Bertz CT molecular complexity index is 1160. The number of hydrogen-bond donors (Lipinski definition) is 1. The monoisotopic (exact) mass is 364 g/mol. The molecule has 1 aromatic carbocycles. The third kappa shape index (κ3) is 2.97. The molecule has 0 spiro atoms. The van der Waals surface area contributed by atoms with E-state index in [9.17, 15) is 9.18 Å². The Kier molecular flexibility index (Phi) is 3.99. The average Bonchev–Trinajstić information content (AvgIpc) is 3.26. The normalized spacial score (nSPS) is 11.1. The average molecular weight is 364 g/mol. The van der Waals surface area contributed by atoms with Gasteiger partial charge < -0.3 is 9.73 Å². The molecule has 1 amide bonds. The van der Waals surface area contributed by atoms with E-state index < -0.39 is 5.82 Å². The number of nitrogens with zero attached hydrogens (tertiary/aromatic N) is 3. The largest absolute Gasteiger partial charge is 0.463 e. The Hall–Kier alpha value is -3.48. The molecule has 0 aliphatic carbocycles. The SMILES string of the molecule is Cc1ccc(F)cc1NC(=O)c1cc(-c2ccco2)nc2c1c(C)nn2C. The lowest BCUT2D eigenvalue weighted by atomic mass is 10.1. The fraction of sp³-hybridized carbons (Fsp3) is 0.150. The van der Waals surface area contributed by atoms with Crippen LogP contribution < -0.4 is 5.32 Å². The molecule has 0 unspecified atom stereocenters. The fourth-order valence-electron chi connectivity index (χ4n) is 3.09. The number of anilines is 1. The van der Waals surface area contributed by atoms with Gasteiger partial charge in [0.15, 0.2) is 11.4 Å². The standard InChI is InChI=1S/C20H17FN4O2/c1-11-6-7-13(21)9-15(11)23-20(26)14-10-16(17-5-4-8-27-17)22-19-18(14)12(2)24-25(19)3/h4-10H,1-3H3,(H,23,26). The van der Waals surface area contributed by atoms with Gasteiger partial charge in [-0.1, -0.05) is 6.07 Å². The lowest BCUT2D eigenvalue weighted by molar-refractivity contribution is 0.102. The van der Waals surface area contributed by atoms with Crippen LogP contribution in [0.4, 0.5) is 10.1 Å². The molecule has 3 aromatic heterocycles. The molecule has 6 nitrogen and oxygen atoms in total. The van der Waals surface area contributed by atoms with Crippen molar-refractivity contribution in [2.75, 3.05) is 5.32 Å². The van der Waals surface area contributed by atoms with Gasteiger partial charge in [-0.3, -0.25) is 9.48 Å². The minimum absolute atomic E-state index is 0.361. The molecular formula is C20H17FN4O2. The highest BCUT2D eigenvalue weighted by Gasteiger charge is 2.20. The molecule has 0 aliphatic rings. The van der Waals surface area contributed by atoms with E-state index in [0.29, 0.717) is 39.4 Å². The molecule has 0 saturated carbocycles. The highest BCUT2D eigenvalue weighted by Crippen LogP contribution is 2.28. The van der Waals surface area contributed by atoms with E-state index in [4.69, 9.17) is 4.42 Å². The molecule has 136 valence electrons. The zero-order valence-electron chi connectivity index (χ0n) is 15.1. The molecule has 7 heteroatoms. The number of aryl methyl sites for hydroxylation is 3. The number of aromatic nitrogens is 3. The predicted octanol–water partition coefficient (Wildman–Crippen LogP) is 4.24. The molecule has 0 bridgehead atoms. The predicted molar refractivity (Wildman–Crippen MR) is 100 cm³/mol. The lowest BCUT2D eigenvalue weighted by Gasteiger charge is -2.10. The molecular weight excluding hydrogens is 347 g/mol. The van der Waals surface area contributed by atoms with Crippen LogP contribution in [0.5, 0.6) is 0 Å². The second kappa shape index (κ2) is 6.35. The van der Waals surface area contributed by atoms with Crippen molar-refractivity contribution in [3.05, 3.63) is 65.3 Å². The number of benzene rings is 1. The third-order valence-electron chi connectivity index (χ3n) is 4.43. The van der Waals surface area contributed by atoms with Crippen molar-refractivity contribution in [2.24, 2.45) is 7.05 Å². The molecule has 3 heterocycles. The van der Waals surface area contributed by atoms with Crippen LogP contribution in [0, 0.1) is 19.7 Å². The Morgan fingerprint density at radius 3 is 2.78 bits per heavy atom. The number of halogens is 1. The van der Waals surface area contributed by atoms with Gasteiger partial charge in [0.2, 0.25) is 0 Å². The summed E-state index contributed by atoms with van der Waals surface area (Å²) in [6.07, 6.45) is 1.55. The van der Waals surface area contributed by atoms with Crippen LogP contribution in [-0.4, -0.2) is 20.7 Å². The van der Waals surface area contributed by atoms with Crippen LogP contribution in [-0.2, 0) is 7.05 Å². The molecule has 0 radical (unpaired) electrons. The molecule has 4 rings (SSSR count). The first kappa shape index (κ1) is 17.0. The van der Waals surface area contributed by atoms with Gasteiger partial charge >= 0.3 is 0 Å². The first-order valence-electron chi connectivity index (χ1n) is 8.40. The highest BCUT2D eigenvalue weighted by molar-refractivity contribution is 6.13. The quantitative estimate of drug-likeness (QED) is 0.590. The van der Waals surface area contributed by atoms with E-state index in [1.54, 1.807) is 49.2 Å². The summed E-state index contributed by atoms with van der Waals surface area (Å²) in [5.74, 6) is -0.226. The van der Waals surface area contributed by atoms with Gasteiger partial charge in [-0.2, -0.15) is 5.10 Å². The maximum Gasteiger partial charge on any atom is 0.256 e. The fourth-order valence-corrected chi connectivity index (χ4v) is 3.09. The molecule has 4 aromatic rings. The molecule has 0 saturated heterocycles. The van der Waals surface area contributed by atoms with Gasteiger partial charge in [-0.25, -0.2) is 9.37 Å². The Morgan fingerprint density at radius 1 is 1.22 bits per heavy atom.